The predicted octanol–water partition coefficient (Wildman–Crippen LogP) is 4.67. The Labute approximate surface area is 208 Å². The highest BCUT2D eigenvalue weighted by atomic mass is 16.5. The van der Waals surface area contributed by atoms with Crippen LogP contribution in [-0.2, 0) is 9.59 Å². The summed E-state index contributed by atoms with van der Waals surface area (Å²) in [5.74, 6) is 0.345. The molecule has 188 valence electrons. The molecule has 2 aliphatic rings. The first-order chi connectivity index (χ1) is 16.8. The van der Waals surface area contributed by atoms with Crippen molar-refractivity contribution in [2.45, 2.75) is 63.6 Å². The Morgan fingerprint density at radius 3 is 2.54 bits per heavy atom. The number of nitrogens with one attached hydrogen (secondary N) is 2. The standard InChI is InChI=1S/C28H38N4O3/c1-20(33)29-23-15-14-22(35-4)17-24(23)30-27(34)19-32-16-10-6-9-13-26-28(32,2)18-25(31(26)3)21-11-7-5-8-12-21/h5,7-8,11-12,14-15,17,25-26H,6,9-10,13,16,18-19H2,1-4H3,(H,29,33)(H,30,34)/t25-,26-,28-/m0/s1. The summed E-state index contributed by atoms with van der Waals surface area (Å²) in [6, 6.07) is 16.7. The van der Waals surface area contributed by atoms with E-state index in [1.54, 1.807) is 25.3 Å². The lowest BCUT2D eigenvalue weighted by Crippen LogP contribution is -2.57. The Hall–Kier alpha value is -2.90. The lowest BCUT2D eigenvalue weighted by Gasteiger charge is -2.45. The van der Waals surface area contributed by atoms with Gasteiger partial charge < -0.3 is 15.4 Å². The maximum Gasteiger partial charge on any atom is 0.238 e. The molecule has 4 rings (SSSR count). The number of likely N-dealkylation sites (tertiary alicyclic amines) is 2. The molecule has 0 bridgehead atoms. The molecule has 3 atom stereocenters. The van der Waals surface area contributed by atoms with E-state index in [9.17, 15) is 9.59 Å². The average molecular weight is 479 g/mol. The second-order valence-corrected chi connectivity index (χ2v) is 10.1. The Bertz CT molecular complexity index is 1040. The Morgan fingerprint density at radius 2 is 1.83 bits per heavy atom. The molecule has 2 N–H and O–H groups in total. The first kappa shape index (κ1) is 25.2. The minimum Gasteiger partial charge on any atom is -0.497 e. The number of ether oxygens (including phenoxy) is 1. The van der Waals surface area contributed by atoms with Gasteiger partial charge in [0.05, 0.1) is 25.0 Å². The van der Waals surface area contributed by atoms with E-state index < -0.39 is 0 Å². The third-order valence-corrected chi connectivity index (χ3v) is 7.77. The van der Waals surface area contributed by atoms with E-state index in [0.29, 0.717) is 35.8 Å². The van der Waals surface area contributed by atoms with Crippen LogP contribution in [0.15, 0.2) is 48.5 Å². The van der Waals surface area contributed by atoms with Crippen LogP contribution >= 0.6 is 0 Å². The Balaban J connectivity index is 1.56. The van der Waals surface area contributed by atoms with E-state index in [0.717, 1.165) is 25.8 Å². The molecular formula is C28H38N4O3. The third-order valence-electron chi connectivity index (χ3n) is 7.77. The monoisotopic (exact) mass is 478 g/mol. The van der Waals surface area contributed by atoms with E-state index in [4.69, 9.17) is 4.74 Å². The molecule has 7 nitrogen and oxygen atoms in total. The van der Waals surface area contributed by atoms with Crippen LogP contribution in [0.2, 0.25) is 0 Å². The number of anilines is 2. The summed E-state index contributed by atoms with van der Waals surface area (Å²) < 4.78 is 5.34. The first-order valence-corrected chi connectivity index (χ1v) is 12.6. The van der Waals surface area contributed by atoms with Crippen molar-refractivity contribution >= 4 is 23.2 Å². The van der Waals surface area contributed by atoms with Gasteiger partial charge in [0.15, 0.2) is 0 Å². The highest BCUT2D eigenvalue weighted by molar-refractivity contribution is 5.99. The summed E-state index contributed by atoms with van der Waals surface area (Å²) in [6.45, 7) is 4.99. The summed E-state index contributed by atoms with van der Waals surface area (Å²) in [7, 11) is 3.82. The number of benzene rings is 2. The van der Waals surface area contributed by atoms with Crippen LogP contribution in [0, 0.1) is 0 Å². The Kier molecular flexibility index (Phi) is 7.77. The largest absolute Gasteiger partial charge is 0.497 e. The number of carbonyl (C=O) groups is 2. The number of amides is 2. The molecule has 0 unspecified atom stereocenters. The second-order valence-electron chi connectivity index (χ2n) is 10.1. The molecule has 2 aliphatic heterocycles. The van der Waals surface area contributed by atoms with Crippen molar-refractivity contribution in [3.05, 3.63) is 54.1 Å². The summed E-state index contributed by atoms with van der Waals surface area (Å²) in [5.41, 5.74) is 2.34. The number of methoxy groups -OCH3 is 1. The molecule has 0 radical (unpaired) electrons. The van der Waals surface area contributed by atoms with Gasteiger partial charge in [-0.2, -0.15) is 0 Å². The van der Waals surface area contributed by atoms with E-state index in [2.05, 4.69) is 64.7 Å². The van der Waals surface area contributed by atoms with Crippen molar-refractivity contribution in [2.24, 2.45) is 0 Å². The summed E-state index contributed by atoms with van der Waals surface area (Å²) in [5, 5.41) is 5.83. The van der Waals surface area contributed by atoms with Crippen LogP contribution in [0.4, 0.5) is 11.4 Å². The van der Waals surface area contributed by atoms with Crippen LogP contribution in [0.1, 0.15) is 57.6 Å². The van der Waals surface area contributed by atoms with Gasteiger partial charge in [-0.25, -0.2) is 0 Å². The van der Waals surface area contributed by atoms with Gasteiger partial charge in [-0.1, -0.05) is 43.2 Å². The number of fused-ring (bicyclic) bond motifs is 1. The number of carbonyl (C=O) groups excluding carboxylic acids is 2. The zero-order chi connectivity index (χ0) is 25.0. The first-order valence-electron chi connectivity index (χ1n) is 12.6. The van der Waals surface area contributed by atoms with Crippen molar-refractivity contribution in [2.75, 3.05) is 37.9 Å². The lowest BCUT2D eigenvalue weighted by molar-refractivity contribution is -0.119. The minimum atomic E-state index is -0.189. The van der Waals surface area contributed by atoms with Crippen molar-refractivity contribution < 1.29 is 14.3 Å². The Morgan fingerprint density at radius 1 is 1.06 bits per heavy atom. The van der Waals surface area contributed by atoms with Gasteiger partial charge in [0, 0.05) is 30.6 Å². The molecule has 2 heterocycles. The minimum absolute atomic E-state index is 0.0868. The van der Waals surface area contributed by atoms with Crippen molar-refractivity contribution in [3.8, 4) is 5.75 Å². The van der Waals surface area contributed by atoms with Crippen LogP contribution in [0.5, 0.6) is 5.75 Å². The number of rotatable bonds is 6. The molecule has 2 saturated heterocycles. The molecule has 2 amide bonds. The molecule has 0 aromatic heterocycles. The van der Waals surface area contributed by atoms with Gasteiger partial charge in [-0.3, -0.25) is 19.4 Å². The molecule has 35 heavy (non-hydrogen) atoms. The summed E-state index contributed by atoms with van der Waals surface area (Å²) in [6.07, 6.45) is 5.61. The number of hydrogen-bond donors (Lipinski definition) is 2. The molecular weight excluding hydrogens is 440 g/mol. The number of nitrogens with zero attached hydrogens (tertiary/aromatic N) is 2. The zero-order valence-corrected chi connectivity index (χ0v) is 21.3. The van der Waals surface area contributed by atoms with Crippen molar-refractivity contribution in [1.29, 1.82) is 0 Å². The number of likely N-dealkylation sites (N-methyl/N-ethyl adjacent to an activating group) is 1. The van der Waals surface area contributed by atoms with E-state index in [-0.39, 0.29) is 17.4 Å². The fourth-order valence-corrected chi connectivity index (χ4v) is 5.96. The van der Waals surface area contributed by atoms with Crippen LogP contribution in [0.25, 0.3) is 0 Å². The quantitative estimate of drug-likeness (QED) is 0.631. The molecule has 2 aromatic carbocycles. The van der Waals surface area contributed by atoms with E-state index in [1.807, 2.05) is 0 Å². The summed E-state index contributed by atoms with van der Waals surface area (Å²) in [4.78, 5) is 30.0. The molecule has 0 spiro atoms. The maximum atomic E-state index is 13.4. The van der Waals surface area contributed by atoms with Gasteiger partial charge in [-0.05, 0) is 57.5 Å². The molecule has 7 heteroatoms. The lowest BCUT2D eigenvalue weighted by atomic mass is 9.83. The van der Waals surface area contributed by atoms with Gasteiger partial charge in [0.25, 0.3) is 0 Å². The van der Waals surface area contributed by atoms with Gasteiger partial charge >= 0.3 is 0 Å². The fraction of sp³-hybridized carbons (Fsp3) is 0.500. The SMILES string of the molecule is COc1ccc(NC(C)=O)c(NC(=O)CN2CCCCC[C@@H]3N(C)[C@H](c4ccccc4)C[C@@]32C)c1. The zero-order valence-electron chi connectivity index (χ0n) is 21.3. The number of hydrogen-bond acceptors (Lipinski definition) is 5. The van der Waals surface area contributed by atoms with E-state index in [1.165, 1.54) is 25.3 Å². The van der Waals surface area contributed by atoms with Gasteiger partial charge in [0.2, 0.25) is 11.8 Å². The predicted molar refractivity (Wildman–Crippen MR) is 140 cm³/mol. The molecule has 0 saturated carbocycles. The highest BCUT2D eigenvalue weighted by Crippen LogP contribution is 2.47. The van der Waals surface area contributed by atoms with Crippen LogP contribution < -0.4 is 15.4 Å². The molecule has 2 fully saturated rings. The van der Waals surface area contributed by atoms with Gasteiger partial charge in [0.1, 0.15) is 5.75 Å². The summed E-state index contributed by atoms with van der Waals surface area (Å²) >= 11 is 0. The van der Waals surface area contributed by atoms with Crippen molar-refractivity contribution in [1.82, 2.24) is 9.80 Å². The smallest absolute Gasteiger partial charge is 0.238 e. The van der Waals surface area contributed by atoms with E-state index >= 15 is 0 Å². The molecule has 2 aromatic rings. The van der Waals surface area contributed by atoms with Gasteiger partial charge in [-0.15, -0.1) is 0 Å². The normalized spacial score (nSPS) is 25.3. The maximum absolute atomic E-state index is 13.4. The third kappa shape index (κ3) is 5.52. The van der Waals surface area contributed by atoms with Crippen LogP contribution in [-0.4, -0.2) is 60.4 Å². The topological polar surface area (TPSA) is 73.9 Å². The average Bonchev–Trinajstić information content (AvgIpc) is 3.08. The highest BCUT2D eigenvalue weighted by Gasteiger charge is 2.51. The molecule has 0 aliphatic carbocycles. The van der Waals surface area contributed by atoms with Crippen LogP contribution in [0.3, 0.4) is 0 Å². The fourth-order valence-electron chi connectivity index (χ4n) is 5.96. The second kappa shape index (κ2) is 10.8. The van der Waals surface area contributed by atoms with Crippen molar-refractivity contribution in [3.63, 3.8) is 0 Å².